The fourth-order valence-corrected chi connectivity index (χ4v) is 4.92. The molecule has 1 amide bonds. The molecule has 0 radical (unpaired) electrons. The number of anilines is 2. The van der Waals surface area contributed by atoms with Crippen LogP contribution >= 0.6 is 12.2 Å². The minimum absolute atomic E-state index is 0.0339. The third-order valence-corrected chi connectivity index (χ3v) is 6.98. The van der Waals surface area contributed by atoms with Gasteiger partial charge in [0.15, 0.2) is 22.4 Å². The van der Waals surface area contributed by atoms with Gasteiger partial charge in [-0.15, -0.1) is 0 Å². The fraction of sp³-hybridized carbons (Fsp3) is 0.417. The summed E-state index contributed by atoms with van der Waals surface area (Å²) in [4.78, 5) is 19.1. The van der Waals surface area contributed by atoms with Gasteiger partial charge in [0.25, 0.3) is 5.91 Å². The average Bonchev–Trinajstić information content (AvgIpc) is 3.07. The second kappa shape index (κ2) is 10.1. The van der Waals surface area contributed by atoms with Crippen molar-refractivity contribution in [2.45, 2.75) is 55.9 Å². The lowest BCUT2D eigenvalue weighted by atomic mass is 9.75. The molecule has 2 aromatic rings. The Labute approximate surface area is 225 Å². The molecular weight excluding hydrogens is 579 g/mol. The van der Waals surface area contributed by atoms with Crippen LogP contribution in [0.2, 0.25) is 0 Å². The van der Waals surface area contributed by atoms with E-state index in [9.17, 15) is 44.3 Å². The van der Waals surface area contributed by atoms with Crippen molar-refractivity contribution in [3.05, 3.63) is 47.5 Å². The number of amides is 1. The van der Waals surface area contributed by atoms with Crippen molar-refractivity contribution >= 4 is 34.6 Å². The van der Waals surface area contributed by atoms with Crippen molar-refractivity contribution in [2.24, 2.45) is 0 Å². The van der Waals surface area contributed by atoms with E-state index in [0.29, 0.717) is 12.5 Å². The maximum Gasteiger partial charge on any atom is 0.453 e. The summed E-state index contributed by atoms with van der Waals surface area (Å²) in [7, 11) is 0. The number of nitriles is 1. The molecule has 40 heavy (non-hydrogen) atoms. The third kappa shape index (κ3) is 5.02. The zero-order valence-electron chi connectivity index (χ0n) is 20.0. The summed E-state index contributed by atoms with van der Waals surface area (Å²) in [6.45, 7) is -0.645. The van der Waals surface area contributed by atoms with Gasteiger partial charge in [-0.1, -0.05) is 0 Å². The highest BCUT2D eigenvalue weighted by molar-refractivity contribution is 7.81. The maximum absolute atomic E-state index is 14.9. The largest absolute Gasteiger partial charge is 0.491 e. The quantitative estimate of drug-likeness (QED) is 0.206. The van der Waals surface area contributed by atoms with Crippen molar-refractivity contribution in [1.29, 1.82) is 5.26 Å². The molecule has 0 N–H and O–H groups in total. The van der Waals surface area contributed by atoms with Crippen molar-refractivity contribution in [3.63, 3.8) is 0 Å². The molecule has 4 rings (SSSR count). The minimum Gasteiger partial charge on any atom is -0.491 e. The summed E-state index contributed by atoms with van der Waals surface area (Å²) >= 11 is 5.42. The maximum atomic E-state index is 14.9. The van der Waals surface area contributed by atoms with E-state index in [2.05, 4.69) is 4.98 Å². The van der Waals surface area contributed by atoms with Gasteiger partial charge in [-0.2, -0.15) is 40.4 Å². The van der Waals surface area contributed by atoms with Gasteiger partial charge >= 0.3 is 18.3 Å². The van der Waals surface area contributed by atoms with Crippen molar-refractivity contribution in [1.82, 2.24) is 4.98 Å². The van der Waals surface area contributed by atoms with Crippen LogP contribution in [0.1, 0.15) is 43.4 Å². The summed E-state index contributed by atoms with van der Waals surface area (Å²) in [5.74, 6) is -7.09. The molecule has 1 saturated heterocycles. The number of rotatable bonds is 7. The molecule has 214 valence electrons. The van der Waals surface area contributed by atoms with Gasteiger partial charge in [-0.3, -0.25) is 9.69 Å². The van der Waals surface area contributed by atoms with E-state index >= 15 is 0 Å². The first-order valence-electron chi connectivity index (χ1n) is 11.6. The standard InChI is InChI=1S/C24H17F9N4O2S/c25-16-10-13(3-4-18(16)39-8-2-7-22(26,27)24(31,32)33)37-20(40)36(19(38)21(37)5-1-6-21)14-9-15(23(28,29)30)17(11-34)35-12-14/h3-4,9-10,12H,1-2,5-8H2. The Morgan fingerprint density at radius 3 is 2.27 bits per heavy atom. The van der Waals surface area contributed by atoms with Gasteiger partial charge < -0.3 is 9.64 Å². The van der Waals surface area contributed by atoms with E-state index in [1.165, 1.54) is 17.0 Å². The monoisotopic (exact) mass is 596 g/mol. The Morgan fingerprint density at radius 2 is 1.75 bits per heavy atom. The average molecular weight is 596 g/mol. The number of carbonyl (C=O) groups excluding carboxylic acids is 1. The van der Waals surface area contributed by atoms with Crippen molar-refractivity contribution in [2.75, 3.05) is 16.4 Å². The zero-order chi connectivity index (χ0) is 29.7. The Morgan fingerprint density at radius 1 is 1.07 bits per heavy atom. The van der Waals surface area contributed by atoms with Crippen LogP contribution in [-0.2, 0) is 11.0 Å². The summed E-state index contributed by atoms with van der Waals surface area (Å²) in [5.41, 5.74) is -3.90. The van der Waals surface area contributed by atoms with E-state index in [0.717, 1.165) is 23.2 Å². The van der Waals surface area contributed by atoms with E-state index in [4.69, 9.17) is 22.2 Å². The predicted molar refractivity (Wildman–Crippen MR) is 125 cm³/mol. The first kappa shape index (κ1) is 29.4. The van der Waals surface area contributed by atoms with Gasteiger partial charge in [0, 0.05) is 18.2 Å². The first-order chi connectivity index (χ1) is 18.5. The summed E-state index contributed by atoms with van der Waals surface area (Å²) < 4.78 is 123. The van der Waals surface area contributed by atoms with Gasteiger partial charge in [0.2, 0.25) is 0 Å². The second-order valence-corrected chi connectivity index (χ2v) is 9.48. The van der Waals surface area contributed by atoms with Crippen LogP contribution in [0.25, 0.3) is 0 Å². The number of pyridine rings is 1. The smallest absolute Gasteiger partial charge is 0.453 e. The molecule has 16 heteroatoms. The molecule has 1 aliphatic carbocycles. The topological polar surface area (TPSA) is 69.5 Å². The van der Waals surface area contributed by atoms with Crippen LogP contribution < -0.4 is 14.5 Å². The van der Waals surface area contributed by atoms with Gasteiger partial charge in [-0.05, 0) is 56.1 Å². The number of hydrogen-bond acceptors (Lipinski definition) is 5. The van der Waals surface area contributed by atoms with Gasteiger partial charge in [0.05, 0.1) is 24.1 Å². The van der Waals surface area contributed by atoms with E-state index < -0.39 is 72.0 Å². The second-order valence-electron chi connectivity index (χ2n) is 9.11. The zero-order valence-corrected chi connectivity index (χ0v) is 20.9. The lowest BCUT2D eigenvalue weighted by Gasteiger charge is -2.43. The van der Waals surface area contributed by atoms with Gasteiger partial charge in [0.1, 0.15) is 11.6 Å². The lowest BCUT2D eigenvalue weighted by Crippen LogP contribution is -2.55. The number of alkyl halides is 8. The summed E-state index contributed by atoms with van der Waals surface area (Å²) in [6.07, 6.45) is -11.0. The molecule has 1 spiro atoms. The molecule has 6 nitrogen and oxygen atoms in total. The number of carbonyl (C=O) groups is 1. The highest BCUT2D eigenvalue weighted by atomic mass is 32.1. The highest BCUT2D eigenvalue weighted by Crippen LogP contribution is 2.48. The van der Waals surface area contributed by atoms with E-state index in [-0.39, 0.29) is 29.3 Å². The van der Waals surface area contributed by atoms with Crippen LogP contribution in [0.5, 0.6) is 5.75 Å². The van der Waals surface area contributed by atoms with Crippen LogP contribution in [-0.4, -0.2) is 40.2 Å². The number of benzene rings is 1. The van der Waals surface area contributed by atoms with Crippen LogP contribution in [0, 0.1) is 17.1 Å². The molecule has 2 heterocycles. The molecule has 1 saturated carbocycles. The number of hydrogen-bond donors (Lipinski definition) is 0. The molecule has 1 aromatic carbocycles. The molecular formula is C24H17F9N4O2S. The van der Waals surface area contributed by atoms with Crippen molar-refractivity contribution in [3.8, 4) is 11.8 Å². The number of ether oxygens (including phenoxy) is 1. The van der Waals surface area contributed by atoms with E-state index in [1.54, 1.807) is 0 Å². The highest BCUT2D eigenvalue weighted by Gasteiger charge is 2.60. The van der Waals surface area contributed by atoms with Crippen molar-refractivity contribution < 1.29 is 49.0 Å². The number of aromatic nitrogens is 1. The molecule has 1 aliphatic heterocycles. The lowest BCUT2D eigenvalue weighted by molar-refractivity contribution is -0.284. The van der Waals surface area contributed by atoms with E-state index in [1.807, 2.05) is 0 Å². The number of halogens is 9. The van der Waals surface area contributed by atoms with Crippen LogP contribution in [0.15, 0.2) is 30.5 Å². The Bertz CT molecular complexity index is 1380. The molecule has 1 aromatic heterocycles. The molecule has 0 atom stereocenters. The first-order valence-corrected chi connectivity index (χ1v) is 12.0. The summed E-state index contributed by atoms with van der Waals surface area (Å²) in [5, 5.41) is 8.72. The molecule has 0 unspecified atom stereocenters. The SMILES string of the molecule is N#Cc1ncc(N2C(=O)C3(CCC3)N(c3ccc(OCCCC(F)(F)C(F)(F)F)c(F)c3)C2=S)cc1C(F)(F)F. The number of thiocarbonyl (C=S) groups is 1. The molecule has 0 bridgehead atoms. The fourth-order valence-electron chi connectivity index (χ4n) is 4.45. The normalized spacial score (nSPS) is 17.3. The van der Waals surface area contributed by atoms with Crippen LogP contribution in [0.4, 0.5) is 50.9 Å². The van der Waals surface area contributed by atoms with Crippen LogP contribution in [0.3, 0.4) is 0 Å². The Balaban J connectivity index is 1.58. The Kier molecular flexibility index (Phi) is 7.41. The van der Waals surface area contributed by atoms with Gasteiger partial charge in [-0.25, -0.2) is 9.37 Å². The Hall–Kier alpha value is -3.61. The number of nitrogens with zero attached hydrogens (tertiary/aromatic N) is 4. The minimum atomic E-state index is -5.72. The third-order valence-electron chi connectivity index (χ3n) is 6.62. The molecule has 2 aliphatic rings. The molecule has 2 fully saturated rings. The predicted octanol–water partition coefficient (Wildman–Crippen LogP) is 6.53. The summed E-state index contributed by atoms with van der Waals surface area (Å²) in [6, 6.07) is 5.16.